The van der Waals surface area contributed by atoms with Crippen LogP contribution in [0.4, 0.5) is 0 Å². The van der Waals surface area contributed by atoms with Crippen molar-refractivity contribution in [1.29, 1.82) is 0 Å². The average molecular weight is 285 g/mol. The molecular weight excluding hydrogens is 268 g/mol. The number of rotatable bonds is 4. The van der Waals surface area contributed by atoms with E-state index >= 15 is 0 Å². The van der Waals surface area contributed by atoms with E-state index in [1.54, 1.807) is 0 Å². The summed E-state index contributed by atoms with van der Waals surface area (Å²) in [6.45, 7) is 3.52. The van der Waals surface area contributed by atoms with Gasteiger partial charge in [-0.15, -0.1) is 0 Å². The molecule has 0 amide bonds. The van der Waals surface area contributed by atoms with E-state index in [1.165, 1.54) is 12.0 Å². The van der Waals surface area contributed by atoms with Crippen molar-refractivity contribution in [3.05, 3.63) is 23.8 Å². The van der Waals surface area contributed by atoms with Gasteiger partial charge >= 0.3 is 0 Å². The summed E-state index contributed by atoms with van der Waals surface area (Å²) in [5, 5.41) is 0. The van der Waals surface area contributed by atoms with Crippen LogP contribution < -0.4 is 9.47 Å². The van der Waals surface area contributed by atoms with E-state index < -0.39 is 0 Å². The summed E-state index contributed by atoms with van der Waals surface area (Å²) in [4.78, 5) is 0.612. The van der Waals surface area contributed by atoms with Crippen molar-refractivity contribution in [3.63, 3.8) is 0 Å². The molecule has 0 spiro atoms. The molecule has 0 bridgehead atoms. The fourth-order valence-corrected chi connectivity index (χ4v) is 2.00. The fraction of sp³-hybridized carbons (Fsp3) is 0.538. The van der Waals surface area contributed by atoms with E-state index in [9.17, 15) is 0 Å². The zero-order chi connectivity index (χ0) is 11.4. The van der Waals surface area contributed by atoms with Gasteiger partial charge in [-0.1, -0.05) is 28.9 Å². The van der Waals surface area contributed by atoms with Crippen LogP contribution in [0.1, 0.15) is 25.3 Å². The Labute approximate surface area is 105 Å². The molecule has 2 rings (SSSR count). The second-order valence-corrected chi connectivity index (χ2v) is 5.32. The van der Waals surface area contributed by atoms with Crippen molar-refractivity contribution in [1.82, 2.24) is 0 Å². The molecule has 1 unspecified atom stereocenters. The molecule has 1 aromatic carbocycles. The lowest BCUT2D eigenvalue weighted by Gasteiger charge is -2.19. The second kappa shape index (κ2) is 5.58. The molecule has 16 heavy (non-hydrogen) atoms. The second-order valence-electron chi connectivity index (χ2n) is 4.02. The number of fused-ring (bicyclic) bond motifs is 1. The standard InChI is InChI=1S/C13H17BrO2/c1-2-11(14)5-3-10-4-6-12-13(9-10)16-8-7-15-12/h4,6,9,11H,2-3,5,7-8H2,1H3. The summed E-state index contributed by atoms with van der Waals surface area (Å²) < 4.78 is 11.1. The lowest BCUT2D eigenvalue weighted by atomic mass is 10.1. The Morgan fingerprint density at radius 3 is 2.75 bits per heavy atom. The molecule has 0 fully saturated rings. The molecule has 0 saturated carbocycles. The summed E-state index contributed by atoms with van der Waals surface area (Å²) in [6, 6.07) is 6.24. The average Bonchev–Trinajstić information content (AvgIpc) is 2.35. The molecule has 0 radical (unpaired) electrons. The normalized spacial score (nSPS) is 15.9. The predicted octanol–water partition coefficient (Wildman–Crippen LogP) is 3.56. The van der Waals surface area contributed by atoms with Gasteiger partial charge in [0.15, 0.2) is 11.5 Å². The van der Waals surface area contributed by atoms with Crippen LogP contribution in [0.5, 0.6) is 11.5 Å². The van der Waals surface area contributed by atoms with Gasteiger partial charge in [-0.2, -0.15) is 0 Å². The Balaban J connectivity index is 2.00. The van der Waals surface area contributed by atoms with Crippen molar-refractivity contribution >= 4 is 15.9 Å². The van der Waals surface area contributed by atoms with Gasteiger partial charge in [0.05, 0.1) is 0 Å². The number of halogens is 1. The number of hydrogen-bond acceptors (Lipinski definition) is 2. The largest absolute Gasteiger partial charge is 0.486 e. The lowest BCUT2D eigenvalue weighted by Crippen LogP contribution is -2.15. The predicted molar refractivity (Wildman–Crippen MR) is 68.8 cm³/mol. The topological polar surface area (TPSA) is 18.5 Å². The smallest absolute Gasteiger partial charge is 0.161 e. The zero-order valence-corrected chi connectivity index (χ0v) is 11.1. The van der Waals surface area contributed by atoms with Gasteiger partial charge in [-0.05, 0) is 37.0 Å². The molecule has 0 N–H and O–H groups in total. The van der Waals surface area contributed by atoms with E-state index in [4.69, 9.17) is 9.47 Å². The van der Waals surface area contributed by atoms with E-state index in [1.807, 2.05) is 6.07 Å². The third kappa shape index (κ3) is 2.91. The molecular formula is C13H17BrO2. The van der Waals surface area contributed by atoms with E-state index in [0.29, 0.717) is 18.0 Å². The minimum absolute atomic E-state index is 0.612. The third-order valence-electron chi connectivity index (χ3n) is 2.80. The Morgan fingerprint density at radius 1 is 1.25 bits per heavy atom. The first kappa shape index (κ1) is 11.8. The third-order valence-corrected chi connectivity index (χ3v) is 3.90. The molecule has 1 atom stereocenters. The maximum Gasteiger partial charge on any atom is 0.161 e. The Morgan fingerprint density at radius 2 is 2.00 bits per heavy atom. The minimum atomic E-state index is 0.612. The lowest BCUT2D eigenvalue weighted by molar-refractivity contribution is 0.171. The van der Waals surface area contributed by atoms with Crippen LogP contribution in [0.2, 0.25) is 0 Å². The Hall–Kier alpha value is -0.700. The molecule has 3 heteroatoms. The van der Waals surface area contributed by atoms with E-state index in [0.717, 1.165) is 24.3 Å². The zero-order valence-electron chi connectivity index (χ0n) is 9.54. The minimum Gasteiger partial charge on any atom is -0.486 e. The van der Waals surface area contributed by atoms with Gasteiger partial charge in [0.25, 0.3) is 0 Å². The summed E-state index contributed by atoms with van der Waals surface area (Å²) >= 11 is 3.65. The van der Waals surface area contributed by atoms with Crippen molar-refractivity contribution in [2.45, 2.75) is 31.0 Å². The van der Waals surface area contributed by atoms with Crippen molar-refractivity contribution in [3.8, 4) is 11.5 Å². The summed E-state index contributed by atoms with van der Waals surface area (Å²) in [7, 11) is 0. The number of ether oxygens (including phenoxy) is 2. The van der Waals surface area contributed by atoms with Gasteiger partial charge in [0.1, 0.15) is 13.2 Å². The van der Waals surface area contributed by atoms with Crippen LogP contribution in [0.15, 0.2) is 18.2 Å². The maximum atomic E-state index is 5.56. The van der Waals surface area contributed by atoms with E-state index in [2.05, 4.69) is 35.0 Å². The number of aryl methyl sites for hydroxylation is 1. The highest BCUT2D eigenvalue weighted by molar-refractivity contribution is 9.09. The Bertz CT molecular complexity index is 352. The van der Waals surface area contributed by atoms with Crippen LogP contribution >= 0.6 is 15.9 Å². The molecule has 1 aromatic rings. The molecule has 1 heterocycles. The molecule has 1 aliphatic heterocycles. The highest BCUT2D eigenvalue weighted by Crippen LogP contribution is 2.31. The first-order chi connectivity index (χ1) is 7.79. The van der Waals surface area contributed by atoms with Gasteiger partial charge < -0.3 is 9.47 Å². The van der Waals surface area contributed by atoms with Gasteiger partial charge in [0, 0.05) is 4.83 Å². The molecule has 0 aliphatic carbocycles. The summed E-state index contributed by atoms with van der Waals surface area (Å²) in [6.07, 6.45) is 3.42. The Kier molecular flexibility index (Phi) is 4.10. The molecule has 88 valence electrons. The van der Waals surface area contributed by atoms with Crippen molar-refractivity contribution < 1.29 is 9.47 Å². The number of hydrogen-bond donors (Lipinski definition) is 0. The van der Waals surface area contributed by atoms with Crippen LogP contribution in [-0.2, 0) is 6.42 Å². The quantitative estimate of drug-likeness (QED) is 0.787. The highest BCUT2D eigenvalue weighted by atomic mass is 79.9. The maximum absolute atomic E-state index is 5.56. The molecule has 2 nitrogen and oxygen atoms in total. The summed E-state index contributed by atoms with van der Waals surface area (Å²) in [5.74, 6) is 1.77. The van der Waals surface area contributed by atoms with Crippen LogP contribution in [0.25, 0.3) is 0 Å². The van der Waals surface area contributed by atoms with Gasteiger partial charge in [-0.3, -0.25) is 0 Å². The first-order valence-corrected chi connectivity index (χ1v) is 6.73. The van der Waals surface area contributed by atoms with Crippen LogP contribution in [0, 0.1) is 0 Å². The monoisotopic (exact) mass is 284 g/mol. The van der Waals surface area contributed by atoms with Crippen LogP contribution in [-0.4, -0.2) is 18.0 Å². The van der Waals surface area contributed by atoms with Gasteiger partial charge in [0.2, 0.25) is 0 Å². The molecule has 1 aliphatic rings. The summed E-state index contributed by atoms with van der Waals surface area (Å²) in [5.41, 5.74) is 1.32. The fourth-order valence-electron chi connectivity index (χ4n) is 1.77. The van der Waals surface area contributed by atoms with Crippen LogP contribution in [0.3, 0.4) is 0 Å². The van der Waals surface area contributed by atoms with E-state index in [-0.39, 0.29) is 0 Å². The van der Waals surface area contributed by atoms with Crippen molar-refractivity contribution in [2.24, 2.45) is 0 Å². The number of benzene rings is 1. The van der Waals surface area contributed by atoms with Gasteiger partial charge in [-0.25, -0.2) is 0 Å². The first-order valence-electron chi connectivity index (χ1n) is 5.82. The van der Waals surface area contributed by atoms with Crippen molar-refractivity contribution in [2.75, 3.05) is 13.2 Å². The molecule has 0 saturated heterocycles. The SMILES string of the molecule is CCC(Br)CCc1ccc2c(c1)OCCO2. The molecule has 0 aromatic heterocycles. The highest BCUT2D eigenvalue weighted by Gasteiger charge is 2.11. The number of alkyl halides is 1.